The maximum atomic E-state index is 5.74. The Kier molecular flexibility index (Phi) is 4.43. The maximum Gasteiger partial charge on any atom is 0.157 e. The normalized spacial score (nSPS) is 19.9. The van der Waals surface area contributed by atoms with E-state index in [-0.39, 0.29) is 6.29 Å². The zero-order valence-corrected chi connectivity index (χ0v) is 11.8. The molecule has 1 saturated heterocycles. The van der Waals surface area contributed by atoms with Crippen LogP contribution in [0.3, 0.4) is 0 Å². The Balaban J connectivity index is 1.47. The minimum Gasteiger partial charge on any atom is -0.353 e. The number of hydrogen-bond acceptors (Lipinski definition) is 3. The van der Waals surface area contributed by atoms with Crippen molar-refractivity contribution in [3.05, 3.63) is 36.5 Å². The number of benzene rings is 1. The first-order valence-electron chi connectivity index (χ1n) is 6.86. The quantitative estimate of drug-likeness (QED) is 0.779. The van der Waals surface area contributed by atoms with E-state index in [2.05, 4.69) is 40.5 Å². The van der Waals surface area contributed by atoms with Crippen LogP contribution in [0, 0.1) is 0 Å². The zero-order chi connectivity index (χ0) is 12.9. The topological polar surface area (TPSA) is 23.4 Å². The Morgan fingerprint density at radius 3 is 3.11 bits per heavy atom. The largest absolute Gasteiger partial charge is 0.353 e. The smallest absolute Gasteiger partial charge is 0.157 e. The Labute approximate surface area is 118 Å². The molecule has 1 unspecified atom stereocenters. The van der Waals surface area contributed by atoms with Crippen molar-refractivity contribution < 1.29 is 9.47 Å². The highest BCUT2D eigenvalue weighted by molar-refractivity contribution is 7.98. The molecule has 2 heterocycles. The minimum absolute atomic E-state index is 0.0238. The van der Waals surface area contributed by atoms with Crippen molar-refractivity contribution in [3.63, 3.8) is 0 Å². The zero-order valence-electron chi connectivity index (χ0n) is 11.0. The van der Waals surface area contributed by atoms with Gasteiger partial charge in [-0.2, -0.15) is 0 Å². The fourth-order valence-electron chi connectivity index (χ4n) is 2.33. The average molecular weight is 277 g/mol. The standard InChI is InChI=1S/C15H19NO2S/c1-2-6-14-13(5-1)8-9-16(14)19-12-11-18-15-7-3-4-10-17-15/h1-2,5-6,8-9,15H,3-4,7,10-12H2. The van der Waals surface area contributed by atoms with E-state index in [0.717, 1.165) is 25.4 Å². The molecule has 1 aliphatic rings. The van der Waals surface area contributed by atoms with Crippen molar-refractivity contribution in [2.24, 2.45) is 0 Å². The van der Waals surface area contributed by atoms with Gasteiger partial charge in [-0.1, -0.05) is 18.2 Å². The van der Waals surface area contributed by atoms with Crippen LogP contribution in [0.5, 0.6) is 0 Å². The fraction of sp³-hybridized carbons (Fsp3) is 0.467. The Morgan fingerprint density at radius 1 is 1.26 bits per heavy atom. The summed E-state index contributed by atoms with van der Waals surface area (Å²) in [6.45, 7) is 1.59. The number of para-hydroxylation sites is 1. The summed E-state index contributed by atoms with van der Waals surface area (Å²) in [5, 5.41) is 1.28. The second-order valence-corrected chi connectivity index (χ2v) is 5.76. The molecule has 1 aromatic carbocycles. The molecule has 0 N–H and O–H groups in total. The van der Waals surface area contributed by atoms with Crippen molar-refractivity contribution in [1.82, 2.24) is 3.97 Å². The highest BCUT2D eigenvalue weighted by Gasteiger charge is 2.13. The summed E-state index contributed by atoms with van der Waals surface area (Å²) in [4.78, 5) is 0. The van der Waals surface area contributed by atoms with Gasteiger partial charge in [0.15, 0.2) is 6.29 Å². The number of fused-ring (bicyclic) bond motifs is 1. The van der Waals surface area contributed by atoms with Crippen molar-refractivity contribution in [1.29, 1.82) is 0 Å². The lowest BCUT2D eigenvalue weighted by atomic mass is 10.2. The first kappa shape index (κ1) is 13.0. The van der Waals surface area contributed by atoms with E-state index in [1.807, 2.05) is 0 Å². The molecule has 0 saturated carbocycles. The number of hydrogen-bond donors (Lipinski definition) is 0. The summed E-state index contributed by atoms with van der Waals surface area (Å²) < 4.78 is 13.5. The van der Waals surface area contributed by atoms with Crippen molar-refractivity contribution in [2.45, 2.75) is 25.6 Å². The minimum atomic E-state index is 0.0238. The van der Waals surface area contributed by atoms with Crippen LogP contribution in [0.1, 0.15) is 19.3 Å². The van der Waals surface area contributed by atoms with E-state index in [0.29, 0.717) is 0 Å². The van der Waals surface area contributed by atoms with Gasteiger partial charge in [0.1, 0.15) is 0 Å². The van der Waals surface area contributed by atoms with E-state index >= 15 is 0 Å². The molecule has 0 bridgehead atoms. The Morgan fingerprint density at radius 2 is 2.21 bits per heavy atom. The summed E-state index contributed by atoms with van der Waals surface area (Å²) >= 11 is 1.78. The molecular weight excluding hydrogens is 258 g/mol. The van der Waals surface area contributed by atoms with Crippen LogP contribution in [0.4, 0.5) is 0 Å². The molecular formula is C15H19NO2S. The number of nitrogens with zero attached hydrogens (tertiary/aromatic N) is 1. The molecule has 0 aliphatic carbocycles. The number of aromatic nitrogens is 1. The Hall–Kier alpha value is -0.970. The summed E-state index contributed by atoms with van der Waals surface area (Å²) in [6, 6.07) is 10.6. The van der Waals surface area contributed by atoms with E-state index in [1.54, 1.807) is 11.9 Å². The highest BCUT2D eigenvalue weighted by Crippen LogP contribution is 2.20. The van der Waals surface area contributed by atoms with E-state index in [4.69, 9.17) is 9.47 Å². The third-order valence-electron chi connectivity index (χ3n) is 3.32. The van der Waals surface area contributed by atoms with Gasteiger partial charge in [0.25, 0.3) is 0 Å². The number of ether oxygens (including phenoxy) is 2. The van der Waals surface area contributed by atoms with E-state index < -0.39 is 0 Å². The highest BCUT2D eigenvalue weighted by atomic mass is 32.2. The van der Waals surface area contributed by atoms with Gasteiger partial charge in [0.05, 0.1) is 12.1 Å². The summed E-state index contributed by atoms with van der Waals surface area (Å²) in [6.07, 6.45) is 5.57. The van der Waals surface area contributed by atoms with Gasteiger partial charge < -0.3 is 9.47 Å². The van der Waals surface area contributed by atoms with Crippen molar-refractivity contribution >= 4 is 22.9 Å². The van der Waals surface area contributed by atoms with Crippen molar-refractivity contribution in [2.75, 3.05) is 19.0 Å². The van der Waals surface area contributed by atoms with Gasteiger partial charge in [0, 0.05) is 23.9 Å². The molecule has 0 amide bonds. The second kappa shape index (κ2) is 6.46. The molecule has 1 aromatic heterocycles. The maximum absolute atomic E-state index is 5.74. The number of rotatable bonds is 5. The molecule has 3 nitrogen and oxygen atoms in total. The molecule has 1 aliphatic heterocycles. The van der Waals surface area contributed by atoms with Crippen LogP contribution >= 0.6 is 11.9 Å². The van der Waals surface area contributed by atoms with Gasteiger partial charge in [0.2, 0.25) is 0 Å². The molecule has 2 aromatic rings. The van der Waals surface area contributed by atoms with Gasteiger partial charge in [-0.15, -0.1) is 0 Å². The Bertz CT molecular complexity index is 520. The van der Waals surface area contributed by atoms with Crippen LogP contribution in [0.15, 0.2) is 36.5 Å². The van der Waals surface area contributed by atoms with E-state index in [1.165, 1.54) is 23.7 Å². The third kappa shape index (κ3) is 3.32. The molecule has 19 heavy (non-hydrogen) atoms. The predicted molar refractivity (Wildman–Crippen MR) is 79.3 cm³/mol. The molecule has 3 rings (SSSR count). The first-order chi connectivity index (χ1) is 9.43. The third-order valence-corrected chi connectivity index (χ3v) is 4.26. The summed E-state index contributed by atoms with van der Waals surface area (Å²) in [5.74, 6) is 0.943. The second-order valence-electron chi connectivity index (χ2n) is 4.70. The van der Waals surface area contributed by atoms with Gasteiger partial charge in [-0.25, -0.2) is 0 Å². The summed E-state index contributed by atoms with van der Waals surface area (Å²) in [5.41, 5.74) is 1.27. The predicted octanol–water partition coefficient (Wildman–Crippen LogP) is 3.68. The van der Waals surface area contributed by atoms with Crippen LogP contribution in [-0.4, -0.2) is 29.2 Å². The molecule has 1 fully saturated rings. The summed E-state index contributed by atoms with van der Waals surface area (Å²) in [7, 11) is 0. The monoisotopic (exact) mass is 277 g/mol. The molecule has 0 spiro atoms. The average Bonchev–Trinajstić information content (AvgIpc) is 2.88. The van der Waals surface area contributed by atoms with Crippen molar-refractivity contribution in [3.8, 4) is 0 Å². The van der Waals surface area contributed by atoms with Crippen LogP contribution in [0.25, 0.3) is 10.9 Å². The van der Waals surface area contributed by atoms with Crippen LogP contribution in [0.2, 0.25) is 0 Å². The lowest BCUT2D eigenvalue weighted by Crippen LogP contribution is -2.23. The molecule has 0 radical (unpaired) electrons. The van der Waals surface area contributed by atoms with Gasteiger partial charge >= 0.3 is 0 Å². The molecule has 102 valence electrons. The lowest BCUT2D eigenvalue weighted by Gasteiger charge is -2.22. The SMILES string of the molecule is c1ccc2c(c1)ccn2SCCOC1CCCCO1. The van der Waals surface area contributed by atoms with Crippen LogP contribution < -0.4 is 0 Å². The van der Waals surface area contributed by atoms with Gasteiger partial charge in [-0.3, -0.25) is 3.97 Å². The fourth-order valence-corrected chi connectivity index (χ4v) is 3.15. The van der Waals surface area contributed by atoms with E-state index in [9.17, 15) is 0 Å². The first-order valence-corrected chi connectivity index (χ1v) is 7.80. The van der Waals surface area contributed by atoms with Crippen LogP contribution in [-0.2, 0) is 9.47 Å². The van der Waals surface area contributed by atoms with Gasteiger partial charge in [-0.05, 0) is 43.3 Å². The molecule has 4 heteroatoms. The lowest BCUT2D eigenvalue weighted by molar-refractivity contribution is -0.158. The molecule has 1 atom stereocenters.